The molecule has 7 nitrogen and oxygen atoms in total. The number of carbonyl (C=O) groups is 1. The minimum Gasteiger partial charge on any atom is -0.496 e. The van der Waals surface area contributed by atoms with Gasteiger partial charge in [0.05, 0.1) is 38.4 Å². The van der Waals surface area contributed by atoms with Crippen LogP contribution in [0.5, 0.6) is 17.2 Å². The average Bonchev–Trinajstić information content (AvgIpc) is 3.74. The molecule has 0 bridgehead atoms. The molecule has 0 N–H and O–H groups in total. The van der Waals surface area contributed by atoms with Gasteiger partial charge < -0.3 is 27.8 Å². The fourth-order valence-electron chi connectivity index (χ4n) is 6.77. The van der Waals surface area contributed by atoms with Crippen LogP contribution in [-0.4, -0.2) is 67.7 Å². The molecule has 42 heavy (non-hydrogen) atoms. The maximum atomic E-state index is 14.9. The molecule has 2 aromatic carbocycles. The molecule has 0 unspecified atom stereocenters. The molecule has 0 amide bonds. The number of epoxide rings is 1. The van der Waals surface area contributed by atoms with Crippen LogP contribution in [0.3, 0.4) is 0 Å². The van der Waals surface area contributed by atoms with E-state index in [0.29, 0.717) is 33.8 Å². The number of ketones is 1. The van der Waals surface area contributed by atoms with Gasteiger partial charge in [0, 0.05) is 11.0 Å². The van der Waals surface area contributed by atoms with Crippen LogP contribution in [0.1, 0.15) is 58.8 Å². The van der Waals surface area contributed by atoms with E-state index in [9.17, 15) is 4.79 Å². The summed E-state index contributed by atoms with van der Waals surface area (Å²) in [4.78, 5) is 14.9. The SMILES string of the molecule is CC[Si](CC)(CC)O[C@H]1C=C(C(=O)c2cc(OC)c3cccc(OC)c3c2OC)[C@@H](O[Si](CC)(CC)CC)[C@@]2(C)O[C@@H]12. The lowest BCUT2D eigenvalue weighted by molar-refractivity contribution is 0.0892. The first-order chi connectivity index (χ1) is 20.1. The Kier molecular flexibility index (Phi) is 9.99. The number of methoxy groups -OCH3 is 3. The Morgan fingerprint density at radius 3 is 1.93 bits per heavy atom. The molecule has 1 heterocycles. The van der Waals surface area contributed by atoms with Crippen molar-refractivity contribution in [3.05, 3.63) is 41.5 Å². The molecule has 1 saturated heterocycles. The third kappa shape index (κ3) is 5.47. The Bertz CT molecular complexity index is 1300. The van der Waals surface area contributed by atoms with E-state index in [-0.39, 0.29) is 18.0 Å². The minimum absolute atomic E-state index is 0.138. The van der Waals surface area contributed by atoms with Gasteiger partial charge in [-0.3, -0.25) is 4.79 Å². The predicted octanol–water partition coefficient (Wildman–Crippen LogP) is 7.93. The Hall–Kier alpha value is -2.18. The van der Waals surface area contributed by atoms with Crippen molar-refractivity contribution in [2.75, 3.05) is 21.3 Å². The lowest BCUT2D eigenvalue weighted by Gasteiger charge is -2.40. The first-order valence-corrected chi connectivity index (χ1v) is 20.7. The van der Waals surface area contributed by atoms with Crippen molar-refractivity contribution < 1.29 is 32.6 Å². The van der Waals surface area contributed by atoms with Gasteiger partial charge in [-0.05, 0) is 61.4 Å². The number of Topliss-reactive ketones (excluding diaryl/α,β-unsaturated/α-hetero) is 1. The standard InChI is InChI=1S/C33H50O7Si2/c1-11-41(12-2,13-3)39-27-21-24(31(33(7)32(27)38-33)40-42(14-4,15-5)16-6)29(34)23-20-26(36-9)22-18-17-19-25(35-8)28(22)30(23)37-10/h17-21,27,31-32H,11-16H2,1-10H3/t27-,31+,32-,33+/m0/s1. The van der Waals surface area contributed by atoms with Gasteiger partial charge in [-0.1, -0.05) is 53.7 Å². The summed E-state index contributed by atoms with van der Waals surface area (Å²) in [5.41, 5.74) is 0.363. The van der Waals surface area contributed by atoms with Gasteiger partial charge in [-0.2, -0.15) is 0 Å². The monoisotopic (exact) mass is 614 g/mol. The number of fused-ring (bicyclic) bond motifs is 2. The molecule has 9 heteroatoms. The molecule has 0 aromatic heterocycles. The van der Waals surface area contributed by atoms with Crippen molar-refractivity contribution in [1.82, 2.24) is 0 Å². The van der Waals surface area contributed by atoms with Crippen LogP contribution in [-0.2, 0) is 13.6 Å². The number of hydrogen-bond acceptors (Lipinski definition) is 7. The first-order valence-electron chi connectivity index (χ1n) is 15.6. The molecule has 0 spiro atoms. The zero-order valence-corrected chi connectivity index (χ0v) is 29.2. The second kappa shape index (κ2) is 12.8. The fraction of sp³-hybridized carbons (Fsp3) is 0.606. The zero-order valence-electron chi connectivity index (χ0n) is 27.2. The number of ether oxygens (including phenoxy) is 4. The van der Waals surface area contributed by atoms with Gasteiger partial charge in [0.25, 0.3) is 0 Å². The molecule has 0 saturated carbocycles. The molecule has 4 atom stereocenters. The molecule has 1 aliphatic carbocycles. The van der Waals surface area contributed by atoms with Crippen LogP contribution in [0.2, 0.25) is 36.3 Å². The third-order valence-electron chi connectivity index (χ3n) is 10.1. The second-order valence-electron chi connectivity index (χ2n) is 11.8. The quantitative estimate of drug-likeness (QED) is 0.115. The molecule has 2 aromatic rings. The van der Waals surface area contributed by atoms with E-state index >= 15 is 0 Å². The van der Waals surface area contributed by atoms with Gasteiger partial charge in [0.2, 0.25) is 0 Å². The summed E-state index contributed by atoms with van der Waals surface area (Å²) in [6, 6.07) is 13.5. The maximum absolute atomic E-state index is 14.9. The Labute approximate surface area is 254 Å². The van der Waals surface area contributed by atoms with E-state index < -0.39 is 28.3 Å². The molecule has 4 rings (SSSR count). The van der Waals surface area contributed by atoms with Crippen LogP contribution < -0.4 is 14.2 Å². The van der Waals surface area contributed by atoms with Crippen LogP contribution in [0, 0.1) is 0 Å². The van der Waals surface area contributed by atoms with E-state index in [2.05, 4.69) is 48.5 Å². The molecule has 1 aliphatic heterocycles. The van der Waals surface area contributed by atoms with E-state index in [1.165, 1.54) is 0 Å². The molecule has 1 fully saturated rings. The summed E-state index contributed by atoms with van der Waals surface area (Å²) in [7, 11) is 0.701. The first kappa shape index (κ1) is 32.7. The molecule has 2 aliphatic rings. The molecule has 0 radical (unpaired) electrons. The van der Waals surface area contributed by atoms with Crippen LogP contribution in [0.4, 0.5) is 0 Å². The second-order valence-corrected chi connectivity index (χ2v) is 21.2. The van der Waals surface area contributed by atoms with Gasteiger partial charge in [-0.15, -0.1) is 0 Å². The Balaban J connectivity index is 1.93. The van der Waals surface area contributed by atoms with Crippen molar-refractivity contribution in [2.24, 2.45) is 0 Å². The van der Waals surface area contributed by atoms with E-state index in [1.807, 2.05) is 24.3 Å². The topological polar surface area (TPSA) is 75.8 Å². The van der Waals surface area contributed by atoms with Gasteiger partial charge in [0.15, 0.2) is 22.4 Å². The number of rotatable bonds is 15. The summed E-state index contributed by atoms with van der Waals surface area (Å²) < 4.78 is 38.1. The summed E-state index contributed by atoms with van der Waals surface area (Å²) >= 11 is 0. The molecular weight excluding hydrogens is 565 g/mol. The number of carbonyl (C=O) groups excluding carboxylic acids is 1. The molecular formula is C33H50O7Si2. The predicted molar refractivity (Wildman–Crippen MR) is 173 cm³/mol. The summed E-state index contributed by atoms with van der Waals surface area (Å²) in [6.45, 7) is 15.4. The van der Waals surface area contributed by atoms with Crippen LogP contribution >= 0.6 is 0 Å². The Morgan fingerprint density at radius 2 is 1.40 bits per heavy atom. The molecule has 232 valence electrons. The average molecular weight is 615 g/mol. The highest BCUT2D eigenvalue weighted by atomic mass is 28.4. The van der Waals surface area contributed by atoms with Crippen molar-refractivity contribution in [2.45, 2.75) is 109 Å². The van der Waals surface area contributed by atoms with Gasteiger partial charge in [0.1, 0.15) is 35.1 Å². The summed E-state index contributed by atoms with van der Waals surface area (Å²) in [5.74, 6) is 1.49. The summed E-state index contributed by atoms with van der Waals surface area (Å²) in [6.07, 6.45) is 1.09. The highest BCUT2D eigenvalue weighted by Gasteiger charge is 2.67. The van der Waals surface area contributed by atoms with Crippen molar-refractivity contribution in [1.29, 1.82) is 0 Å². The zero-order chi connectivity index (χ0) is 30.9. The van der Waals surface area contributed by atoms with Crippen molar-refractivity contribution >= 4 is 33.2 Å². The van der Waals surface area contributed by atoms with Crippen LogP contribution in [0.25, 0.3) is 10.8 Å². The van der Waals surface area contributed by atoms with E-state index in [4.69, 9.17) is 27.8 Å². The highest BCUT2D eigenvalue weighted by molar-refractivity contribution is 6.74. The maximum Gasteiger partial charge on any atom is 0.195 e. The van der Waals surface area contributed by atoms with Gasteiger partial charge in [-0.25, -0.2) is 0 Å². The fourth-order valence-corrected chi connectivity index (χ4v) is 12.4. The van der Waals surface area contributed by atoms with E-state index in [0.717, 1.165) is 41.7 Å². The Morgan fingerprint density at radius 1 is 0.833 bits per heavy atom. The van der Waals surface area contributed by atoms with Crippen molar-refractivity contribution in [3.8, 4) is 17.2 Å². The normalized spacial score (nSPS) is 23.8. The minimum atomic E-state index is -2.12. The number of benzene rings is 2. The van der Waals surface area contributed by atoms with Gasteiger partial charge >= 0.3 is 0 Å². The summed E-state index contributed by atoms with van der Waals surface area (Å²) in [5, 5.41) is 1.51. The lowest BCUT2D eigenvalue weighted by Crippen LogP contribution is -2.52. The highest BCUT2D eigenvalue weighted by Crippen LogP contribution is 2.53. The lowest BCUT2D eigenvalue weighted by atomic mass is 9.82. The number of hydrogen-bond donors (Lipinski definition) is 0. The van der Waals surface area contributed by atoms with Crippen LogP contribution in [0.15, 0.2) is 35.9 Å². The van der Waals surface area contributed by atoms with E-state index in [1.54, 1.807) is 27.4 Å². The van der Waals surface area contributed by atoms with Crippen molar-refractivity contribution in [3.63, 3.8) is 0 Å². The smallest absolute Gasteiger partial charge is 0.195 e. The third-order valence-corrected chi connectivity index (χ3v) is 19.4. The largest absolute Gasteiger partial charge is 0.496 e.